The van der Waals surface area contributed by atoms with Crippen LogP contribution in [0.15, 0.2) is 195 Å². The van der Waals surface area contributed by atoms with Crippen LogP contribution in [-0.2, 0) is 0 Å². The van der Waals surface area contributed by atoms with E-state index in [4.69, 9.17) is 0 Å². The third-order valence-electron chi connectivity index (χ3n) is 11.9. The number of benzene rings is 7. The van der Waals surface area contributed by atoms with E-state index in [2.05, 4.69) is 46.4 Å². The molecule has 8 nitrogen and oxygen atoms in total. The molecular formula is C56H32N6O2. The fourth-order valence-electron chi connectivity index (χ4n) is 8.96. The molecule has 1 aliphatic heterocycles. The van der Waals surface area contributed by atoms with Gasteiger partial charge in [0, 0.05) is 57.8 Å². The monoisotopic (exact) mass is 820 g/mol. The van der Waals surface area contributed by atoms with Gasteiger partial charge in [-0.05, 0) is 81.9 Å². The Balaban J connectivity index is 1.17. The number of rotatable bonds is 7. The van der Waals surface area contributed by atoms with E-state index in [0.717, 1.165) is 77.4 Å². The summed E-state index contributed by atoms with van der Waals surface area (Å²) < 4.78 is 2.04. The molecule has 3 aromatic heterocycles. The summed E-state index contributed by atoms with van der Waals surface area (Å²) in [5.74, 6) is -0.874. The zero-order valence-corrected chi connectivity index (χ0v) is 34.0. The van der Waals surface area contributed by atoms with Gasteiger partial charge in [-0.2, -0.15) is 10.5 Å². The number of hydrogen-bond acceptors (Lipinski definition) is 6. The van der Waals surface area contributed by atoms with E-state index in [9.17, 15) is 10.5 Å². The van der Waals surface area contributed by atoms with Crippen LogP contribution in [0.2, 0.25) is 0 Å². The summed E-state index contributed by atoms with van der Waals surface area (Å²) in [7, 11) is 0. The highest BCUT2D eigenvalue weighted by atomic mass is 16.2. The van der Waals surface area contributed by atoms with E-state index in [1.165, 1.54) is 17.3 Å². The van der Waals surface area contributed by atoms with Crippen molar-refractivity contribution < 1.29 is 9.59 Å². The molecular weight excluding hydrogens is 789 g/mol. The second-order valence-corrected chi connectivity index (χ2v) is 15.6. The topological polar surface area (TPSA) is 116 Å². The molecule has 0 atom stereocenters. The highest BCUT2D eigenvalue weighted by Gasteiger charge is 2.42. The molecule has 0 fully saturated rings. The minimum Gasteiger partial charge on any atom is -0.308 e. The molecule has 0 saturated heterocycles. The third kappa shape index (κ3) is 6.22. The quantitative estimate of drug-likeness (QED) is 0.148. The fraction of sp³-hybridized carbons (Fsp3) is 0. The first-order chi connectivity index (χ1) is 31.5. The molecule has 0 N–H and O–H groups in total. The predicted octanol–water partition coefficient (Wildman–Crippen LogP) is 12.5. The van der Waals surface area contributed by atoms with Crippen LogP contribution in [-0.4, -0.2) is 26.3 Å². The highest BCUT2D eigenvalue weighted by Crippen LogP contribution is 2.47. The second kappa shape index (κ2) is 15.3. The Hall–Kier alpha value is -9.24. The van der Waals surface area contributed by atoms with E-state index in [-0.39, 0.29) is 11.1 Å². The minimum absolute atomic E-state index is 0.272. The van der Waals surface area contributed by atoms with Gasteiger partial charge < -0.3 is 4.57 Å². The van der Waals surface area contributed by atoms with Gasteiger partial charge in [-0.3, -0.25) is 19.6 Å². The van der Waals surface area contributed by atoms with Gasteiger partial charge in [-0.1, -0.05) is 121 Å². The summed E-state index contributed by atoms with van der Waals surface area (Å²) in [4.78, 5) is 40.9. The molecule has 298 valence electrons. The number of carbonyl (C=O) groups excluding carboxylic acids is 2. The van der Waals surface area contributed by atoms with E-state index in [1.807, 2.05) is 132 Å². The van der Waals surface area contributed by atoms with Gasteiger partial charge >= 0.3 is 0 Å². The summed E-state index contributed by atoms with van der Waals surface area (Å²) in [5.41, 5.74) is 12.3. The smallest absolute Gasteiger partial charge is 0.268 e. The van der Waals surface area contributed by atoms with Crippen LogP contribution in [0, 0.1) is 22.7 Å². The van der Waals surface area contributed by atoms with Gasteiger partial charge in [0.2, 0.25) is 0 Å². The molecule has 8 heteroatoms. The van der Waals surface area contributed by atoms with Crippen molar-refractivity contribution in [3.05, 3.63) is 217 Å². The zero-order valence-electron chi connectivity index (χ0n) is 34.0. The molecule has 0 radical (unpaired) electrons. The van der Waals surface area contributed by atoms with E-state index in [1.54, 1.807) is 30.6 Å². The lowest BCUT2D eigenvalue weighted by Gasteiger charge is -2.24. The summed E-state index contributed by atoms with van der Waals surface area (Å²) in [6, 6.07) is 59.5. The van der Waals surface area contributed by atoms with Gasteiger partial charge in [0.1, 0.15) is 12.1 Å². The molecule has 11 rings (SSSR count). The molecule has 0 aliphatic carbocycles. The van der Waals surface area contributed by atoms with Crippen molar-refractivity contribution in [3.8, 4) is 73.5 Å². The Labute approximate surface area is 367 Å². The van der Waals surface area contributed by atoms with Crippen LogP contribution in [0.1, 0.15) is 31.8 Å². The van der Waals surface area contributed by atoms with Crippen molar-refractivity contribution in [1.82, 2.24) is 14.5 Å². The first kappa shape index (κ1) is 37.7. The first-order valence-electron chi connectivity index (χ1n) is 20.6. The number of nitrogens with zero attached hydrogens (tertiary/aromatic N) is 6. The minimum atomic E-state index is -0.448. The summed E-state index contributed by atoms with van der Waals surface area (Å²) >= 11 is 0. The van der Waals surface area contributed by atoms with Gasteiger partial charge in [-0.25, -0.2) is 4.90 Å². The Morgan fingerprint density at radius 1 is 0.406 bits per heavy atom. The summed E-state index contributed by atoms with van der Waals surface area (Å²) in [6.45, 7) is 0. The van der Waals surface area contributed by atoms with Crippen LogP contribution in [0.4, 0.5) is 5.69 Å². The Morgan fingerprint density at radius 2 is 0.906 bits per heavy atom. The largest absolute Gasteiger partial charge is 0.308 e. The lowest BCUT2D eigenvalue weighted by molar-refractivity contribution is 0.0926. The second-order valence-electron chi connectivity index (χ2n) is 15.6. The number of hydrogen-bond donors (Lipinski definition) is 0. The zero-order chi connectivity index (χ0) is 43.3. The molecule has 4 heterocycles. The van der Waals surface area contributed by atoms with Gasteiger partial charge in [0.25, 0.3) is 11.8 Å². The standard InChI is InChI=1S/C56H32N6O2/c57-29-35-23-43(33-59-31-35)40-19-21-45-46-22-20-41(44-24-36(30-58)32-60-34-44)28-52(46)61(51(45)27-40)50-18-10-17-47-53(50)56(64)62(55(47)63)54-48(38-13-6-2-7-14-38)25-42(37-11-4-1-5-12-37)26-49(54)39-15-8-3-9-16-39/h1-28,31-34H. The van der Waals surface area contributed by atoms with Crippen molar-refractivity contribution in [2.75, 3.05) is 4.90 Å². The van der Waals surface area contributed by atoms with Crippen molar-refractivity contribution in [3.63, 3.8) is 0 Å². The summed E-state index contributed by atoms with van der Waals surface area (Å²) in [6.07, 6.45) is 6.50. The van der Waals surface area contributed by atoms with E-state index in [0.29, 0.717) is 22.5 Å². The molecule has 0 spiro atoms. The van der Waals surface area contributed by atoms with Gasteiger partial charge in [0.15, 0.2) is 0 Å². The SMILES string of the molecule is N#Cc1cncc(-c2ccc3c4ccc(-c5cncc(C#N)c5)cc4n(-c4cccc5c4C(=O)N(c4c(-c6ccccc6)cc(-c6ccccc6)cc4-c4ccccc4)C5=O)c3c2)c1. The number of nitriles is 2. The molecule has 10 aromatic rings. The van der Waals surface area contributed by atoms with Crippen molar-refractivity contribution in [2.45, 2.75) is 0 Å². The molecule has 64 heavy (non-hydrogen) atoms. The number of aromatic nitrogens is 3. The molecule has 0 bridgehead atoms. The maximum atomic E-state index is 15.6. The first-order valence-corrected chi connectivity index (χ1v) is 20.6. The molecule has 1 aliphatic rings. The lowest BCUT2D eigenvalue weighted by atomic mass is 9.90. The molecule has 7 aromatic carbocycles. The Kier molecular flexibility index (Phi) is 9.05. The van der Waals surface area contributed by atoms with Crippen LogP contribution in [0.5, 0.6) is 0 Å². The number of anilines is 1. The van der Waals surface area contributed by atoms with E-state index >= 15 is 9.59 Å². The predicted molar refractivity (Wildman–Crippen MR) is 251 cm³/mol. The van der Waals surface area contributed by atoms with Crippen molar-refractivity contribution >= 4 is 39.3 Å². The number of carbonyl (C=O) groups is 2. The number of amides is 2. The Morgan fingerprint density at radius 3 is 1.41 bits per heavy atom. The van der Waals surface area contributed by atoms with Crippen molar-refractivity contribution in [2.24, 2.45) is 0 Å². The number of fused-ring (bicyclic) bond motifs is 4. The number of pyridine rings is 2. The maximum Gasteiger partial charge on any atom is 0.268 e. The molecule has 0 unspecified atom stereocenters. The van der Waals surface area contributed by atoms with Crippen molar-refractivity contribution in [1.29, 1.82) is 10.5 Å². The average molecular weight is 821 g/mol. The van der Waals surface area contributed by atoms with Gasteiger partial charge in [0.05, 0.1) is 44.7 Å². The van der Waals surface area contributed by atoms with Crippen LogP contribution in [0.3, 0.4) is 0 Å². The number of imide groups is 1. The fourth-order valence-corrected chi connectivity index (χ4v) is 8.96. The summed E-state index contributed by atoms with van der Waals surface area (Å²) in [5, 5.41) is 21.3. The van der Waals surface area contributed by atoms with Crippen LogP contribution >= 0.6 is 0 Å². The van der Waals surface area contributed by atoms with Crippen LogP contribution < -0.4 is 4.90 Å². The highest BCUT2D eigenvalue weighted by molar-refractivity contribution is 6.37. The average Bonchev–Trinajstić information content (AvgIpc) is 3.83. The third-order valence-corrected chi connectivity index (χ3v) is 11.9. The molecule has 0 saturated carbocycles. The Bertz CT molecular complexity index is 3450. The normalized spacial score (nSPS) is 12.1. The van der Waals surface area contributed by atoms with Crippen LogP contribution in [0.25, 0.3) is 83.1 Å². The maximum absolute atomic E-state index is 15.6. The van der Waals surface area contributed by atoms with E-state index < -0.39 is 11.8 Å². The van der Waals surface area contributed by atoms with Gasteiger partial charge in [-0.15, -0.1) is 0 Å². The lowest BCUT2D eigenvalue weighted by Crippen LogP contribution is -2.30. The molecule has 2 amide bonds.